The number of benzene rings is 1. The van der Waals surface area contributed by atoms with Crippen LogP contribution in [0.25, 0.3) is 0 Å². The minimum atomic E-state index is -1.14. The second-order valence-corrected chi connectivity index (χ2v) is 7.24. The van der Waals surface area contributed by atoms with E-state index in [-0.39, 0.29) is 6.54 Å². The van der Waals surface area contributed by atoms with Gasteiger partial charge in [-0.1, -0.05) is 23.7 Å². The number of thiophene rings is 1. The molecule has 8 heteroatoms. The van der Waals surface area contributed by atoms with Crippen LogP contribution in [-0.2, 0) is 15.1 Å². The van der Waals surface area contributed by atoms with Gasteiger partial charge in [0.15, 0.2) is 5.54 Å². The summed E-state index contributed by atoms with van der Waals surface area (Å²) >= 11 is 7.40. The minimum absolute atomic E-state index is 0.364. The van der Waals surface area contributed by atoms with Gasteiger partial charge in [0.05, 0.1) is 0 Å². The highest BCUT2D eigenvalue weighted by molar-refractivity contribution is 7.10. The van der Waals surface area contributed by atoms with Crippen molar-refractivity contribution in [3.63, 3.8) is 0 Å². The van der Waals surface area contributed by atoms with Crippen molar-refractivity contribution in [3.05, 3.63) is 51.2 Å². The highest BCUT2D eigenvalue weighted by atomic mass is 35.5. The third-order valence-electron chi connectivity index (χ3n) is 4.13. The molecule has 2 aromatic rings. The molecule has 0 saturated carbocycles. The molecule has 2 heterocycles. The summed E-state index contributed by atoms with van der Waals surface area (Å²) < 4.78 is 0. The van der Waals surface area contributed by atoms with Crippen molar-refractivity contribution in [2.45, 2.75) is 19.4 Å². The monoisotopic (exact) mass is 377 g/mol. The molecule has 0 bridgehead atoms. The molecule has 1 unspecified atom stereocenters. The zero-order valence-corrected chi connectivity index (χ0v) is 15.2. The van der Waals surface area contributed by atoms with E-state index in [2.05, 4.69) is 10.6 Å². The number of carbonyl (C=O) groups excluding carboxylic acids is 3. The second-order valence-electron chi connectivity index (χ2n) is 5.88. The zero-order valence-electron chi connectivity index (χ0n) is 13.6. The molecular weight excluding hydrogens is 362 g/mol. The van der Waals surface area contributed by atoms with Crippen LogP contribution >= 0.6 is 22.9 Å². The van der Waals surface area contributed by atoms with Crippen LogP contribution in [0.5, 0.6) is 0 Å². The first kappa shape index (κ1) is 17.4. The fourth-order valence-corrected chi connectivity index (χ4v) is 3.66. The van der Waals surface area contributed by atoms with E-state index < -0.39 is 23.4 Å². The Balaban J connectivity index is 1.74. The van der Waals surface area contributed by atoms with Crippen molar-refractivity contribution in [1.82, 2.24) is 10.2 Å². The highest BCUT2D eigenvalue weighted by Crippen LogP contribution is 2.31. The normalized spacial score (nSPS) is 19.9. The van der Waals surface area contributed by atoms with Crippen molar-refractivity contribution < 1.29 is 14.4 Å². The lowest BCUT2D eigenvalue weighted by molar-refractivity contribution is -0.133. The Morgan fingerprint density at radius 1 is 1.32 bits per heavy atom. The summed E-state index contributed by atoms with van der Waals surface area (Å²) in [6.45, 7) is 3.05. The Hall–Kier alpha value is -2.38. The number of hydrogen-bond acceptors (Lipinski definition) is 4. The molecule has 130 valence electrons. The van der Waals surface area contributed by atoms with Gasteiger partial charge >= 0.3 is 6.03 Å². The summed E-state index contributed by atoms with van der Waals surface area (Å²) in [5, 5.41) is 7.71. The first-order valence-corrected chi connectivity index (χ1v) is 8.82. The predicted molar refractivity (Wildman–Crippen MR) is 96.7 cm³/mol. The summed E-state index contributed by atoms with van der Waals surface area (Å²) in [5.74, 6) is -0.915. The van der Waals surface area contributed by atoms with Crippen LogP contribution < -0.4 is 10.6 Å². The van der Waals surface area contributed by atoms with E-state index in [1.165, 1.54) is 11.3 Å². The topological polar surface area (TPSA) is 78.5 Å². The molecule has 0 spiro atoms. The van der Waals surface area contributed by atoms with Crippen LogP contribution in [0.15, 0.2) is 35.7 Å². The Labute approximate surface area is 153 Å². The van der Waals surface area contributed by atoms with Crippen molar-refractivity contribution >= 4 is 46.5 Å². The molecule has 4 amide bonds. The second kappa shape index (κ2) is 6.50. The van der Waals surface area contributed by atoms with Crippen LogP contribution in [-0.4, -0.2) is 29.3 Å². The minimum Gasteiger partial charge on any atom is -0.324 e. The molecule has 0 aliphatic carbocycles. The van der Waals surface area contributed by atoms with Gasteiger partial charge in [-0.05, 0) is 43.0 Å². The van der Waals surface area contributed by atoms with Gasteiger partial charge in [0.1, 0.15) is 6.54 Å². The van der Waals surface area contributed by atoms with Crippen molar-refractivity contribution in [2.24, 2.45) is 0 Å². The average molecular weight is 378 g/mol. The summed E-state index contributed by atoms with van der Waals surface area (Å²) in [6, 6.07) is 8.15. The maximum absolute atomic E-state index is 12.7. The van der Waals surface area contributed by atoms with E-state index in [0.717, 1.165) is 15.3 Å². The van der Waals surface area contributed by atoms with Gasteiger partial charge < -0.3 is 10.6 Å². The van der Waals surface area contributed by atoms with Gasteiger partial charge in [-0.15, -0.1) is 11.3 Å². The number of imide groups is 1. The number of carbonyl (C=O) groups is 3. The van der Waals surface area contributed by atoms with Gasteiger partial charge in [0.2, 0.25) is 5.91 Å². The standard InChI is InChI=1S/C17H16ClN3O3S/c1-10-11(18)5-3-6-12(10)19-14(22)9-21-15(23)17(2,20-16(21)24)13-7-4-8-25-13/h3-8H,9H2,1-2H3,(H,19,22)(H,20,24). The average Bonchev–Trinajstić information content (AvgIpc) is 3.17. The quantitative estimate of drug-likeness (QED) is 0.803. The Bertz CT molecular complexity index is 853. The van der Waals surface area contributed by atoms with Crippen molar-refractivity contribution in [3.8, 4) is 0 Å². The van der Waals surface area contributed by atoms with Crippen LogP contribution in [0.3, 0.4) is 0 Å². The maximum Gasteiger partial charge on any atom is 0.325 e. The Kier molecular flexibility index (Phi) is 4.53. The van der Waals surface area contributed by atoms with E-state index in [0.29, 0.717) is 10.7 Å². The van der Waals surface area contributed by atoms with E-state index in [1.807, 2.05) is 11.4 Å². The number of anilines is 1. The zero-order chi connectivity index (χ0) is 18.2. The molecule has 1 saturated heterocycles. The first-order valence-electron chi connectivity index (χ1n) is 7.56. The van der Waals surface area contributed by atoms with E-state index in [4.69, 9.17) is 11.6 Å². The SMILES string of the molecule is Cc1c(Cl)cccc1NC(=O)CN1C(=O)NC(C)(c2cccs2)C1=O. The number of urea groups is 1. The number of nitrogens with one attached hydrogen (secondary N) is 2. The van der Waals surface area contributed by atoms with Gasteiger partial charge in [-0.3, -0.25) is 14.5 Å². The van der Waals surface area contributed by atoms with Crippen LogP contribution in [0.1, 0.15) is 17.4 Å². The molecule has 1 aliphatic rings. The maximum atomic E-state index is 12.7. The summed E-state index contributed by atoms with van der Waals surface area (Å²) in [7, 11) is 0. The summed E-state index contributed by atoms with van der Waals surface area (Å²) in [6.07, 6.45) is 0. The molecule has 1 aliphatic heterocycles. The van der Waals surface area contributed by atoms with Gasteiger partial charge in [-0.2, -0.15) is 0 Å². The lowest BCUT2D eigenvalue weighted by Crippen LogP contribution is -2.41. The molecular formula is C17H16ClN3O3S. The molecule has 2 N–H and O–H groups in total. The summed E-state index contributed by atoms with van der Waals surface area (Å²) in [5.41, 5.74) is 0.126. The van der Waals surface area contributed by atoms with Gasteiger partial charge in [-0.25, -0.2) is 4.79 Å². The van der Waals surface area contributed by atoms with Crippen LogP contribution in [0, 0.1) is 6.92 Å². The largest absolute Gasteiger partial charge is 0.325 e. The fourth-order valence-electron chi connectivity index (χ4n) is 2.65. The third-order valence-corrected chi connectivity index (χ3v) is 5.63. The number of nitrogens with zero attached hydrogens (tertiary/aromatic N) is 1. The predicted octanol–water partition coefficient (Wildman–Crippen LogP) is 3.12. The third kappa shape index (κ3) is 3.12. The molecule has 1 aromatic heterocycles. The van der Waals surface area contributed by atoms with E-state index in [1.54, 1.807) is 38.1 Å². The molecule has 1 aromatic carbocycles. The smallest absolute Gasteiger partial charge is 0.324 e. The molecule has 25 heavy (non-hydrogen) atoms. The first-order chi connectivity index (χ1) is 11.8. The number of halogens is 1. The van der Waals surface area contributed by atoms with Crippen molar-refractivity contribution in [1.29, 1.82) is 0 Å². The Morgan fingerprint density at radius 3 is 2.76 bits per heavy atom. The molecule has 6 nitrogen and oxygen atoms in total. The van der Waals surface area contributed by atoms with Crippen molar-refractivity contribution in [2.75, 3.05) is 11.9 Å². The number of rotatable bonds is 4. The van der Waals surface area contributed by atoms with E-state index >= 15 is 0 Å². The van der Waals surface area contributed by atoms with E-state index in [9.17, 15) is 14.4 Å². The fraction of sp³-hybridized carbons (Fsp3) is 0.235. The molecule has 3 rings (SSSR count). The lowest BCUT2D eigenvalue weighted by atomic mass is 10.0. The molecule has 1 atom stereocenters. The molecule has 0 radical (unpaired) electrons. The van der Waals surface area contributed by atoms with Gasteiger partial charge in [0, 0.05) is 15.6 Å². The highest BCUT2D eigenvalue weighted by Gasteiger charge is 2.50. The Morgan fingerprint density at radius 2 is 2.08 bits per heavy atom. The summed E-state index contributed by atoms with van der Waals surface area (Å²) in [4.78, 5) is 38.8. The number of hydrogen-bond donors (Lipinski definition) is 2. The molecule has 1 fully saturated rings. The van der Waals surface area contributed by atoms with Crippen LogP contribution in [0.2, 0.25) is 5.02 Å². The number of amides is 4. The van der Waals surface area contributed by atoms with Crippen LogP contribution in [0.4, 0.5) is 10.5 Å². The van der Waals surface area contributed by atoms with Gasteiger partial charge in [0.25, 0.3) is 5.91 Å². The lowest BCUT2D eigenvalue weighted by Gasteiger charge is -2.20.